The summed E-state index contributed by atoms with van der Waals surface area (Å²) in [5.41, 5.74) is -0.128. The van der Waals surface area contributed by atoms with Gasteiger partial charge in [0.1, 0.15) is 5.54 Å². The summed E-state index contributed by atoms with van der Waals surface area (Å²) in [4.78, 5) is 38.3. The molecule has 0 spiro atoms. The van der Waals surface area contributed by atoms with Gasteiger partial charge in [-0.3, -0.25) is 14.5 Å². The van der Waals surface area contributed by atoms with E-state index in [1.54, 1.807) is 6.92 Å². The first kappa shape index (κ1) is 15.5. The highest BCUT2D eigenvalue weighted by Crippen LogP contribution is 2.48. The van der Waals surface area contributed by atoms with Crippen LogP contribution >= 0.6 is 0 Å². The SMILES string of the molecule is COC(=O)C1(CN2C(=O)NC(C)(c3ccccc3C)C2=O)CC1. The Kier molecular flexibility index (Phi) is 3.43. The second-order valence-electron chi connectivity index (χ2n) is 6.53. The fraction of sp³-hybridized carbons (Fsp3) is 0.471. The molecule has 1 saturated carbocycles. The fourth-order valence-corrected chi connectivity index (χ4v) is 3.25. The molecule has 6 heteroatoms. The second kappa shape index (κ2) is 5.08. The van der Waals surface area contributed by atoms with Crippen molar-refractivity contribution in [3.63, 3.8) is 0 Å². The molecule has 3 amide bonds. The van der Waals surface area contributed by atoms with Gasteiger partial charge in [-0.05, 0) is 37.8 Å². The van der Waals surface area contributed by atoms with Crippen LogP contribution in [0, 0.1) is 12.3 Å². The summed E-state index contributed by atoms with van der Waals surface area (Å²) in [6.07, 6.45) is 1.27. The summed E-state index contributed by atoms with van der Waals surface area (Å²) in [7, 11) is 1.33. The average molecular weight is 316 g/mol. The first-order valence-corrected chi connectivity index (χ1v) is 7.63. The molecule has 1 heterocycles. The third-order valence-electron chi connectivity index (χ3n) is 4.89. The summed E-state index contributed by atoms with van der Waals surface area (Å²) in [5.74, 6) is -0.686. The lowest BCUT2D eigenvalue weighted by atomic mass is 9.88. The molecular formula is C17H20N2O4. The first-order chi connectivity index (χ1) is 10.8. The molecule has 1 unspecified atom stereocenters. The van der Waals surface area contributed by atoms with Crippen molar-refractivity contribution in [1.29, 1.82) is 0 Å². The highest BCUT2D eigenvalue weighted by atomic mass is 16.5. The molecule has 1 atom stereocenters. The smallest absolute Gasteiger partial charge is 0.325 e. The minimum atomic E-state index is -1.10. The molecule has 122 valence electrons. The number of methoxy groups -OCH3 is 1. The van der Waals surface area contributed by atoms with E-state index in [1.807, 2.05) is 31.2 Å². The Morgan fingerprint density at radius 2 is 1.96 bits per heavy atom. The molecule has 1 aromatic carbocycles. The lowest BCUT2D eigenvalue weighted by Crippen LogP contribution is -2.43. The normalized spacial score (nSPS) is 25.3. The zero-order valence-corrected chi connectivity index (χ0v) is 13.5. The van der Waals surface area contributed by atoms with Crippen LogP contribution in [0.5, 0.6) is 0 Å². The van der Waals surface area contributed by atoms with Gasteiger partial charge in [0, 0.05) is 6.54 Å². The maximum Gasteiger partial charge on any atom is 0.325 e. The number of hydrogen-bond donors (Lipinski definition) is 1. The van der Waals surface area contributed by atoms with Crippen LogP contribution in [0.3, 0.4) is 0 Å². The topological polar surface area (TPSA) is 75.7 Å². The number of esters is 1. The van der Waals surface area contributed by atoms with Crippen molar-refractivity contribution < 1.29 is 19.1 Å². The molecule has 3 rings (SSSR count). The van der Waals surface area contributed by atoms with E-state index in [0.717, 1.165) is 16.0 Å². The lowest BCUT2D eigenvalue weighted by molar-refractivity contribution is -0.148. The molecule has 23 heavy (non-hydrogen) atoms. The van der Waals surface area contributed by atoms with E-state index in [0.29, 0.717) is 12.8 Å². The predicted molar refractivity (Wildman–Crippen MR) is 82.5 cm³/mol. The third kappa shape index (κ3) is 2.29. The predicted octanol–water partition coefficient (Wildman–Crippen LogP) is 1.72. The first-order valence-electron chi connectivity index (χ1n) is 7.63. The highest BCUT2D eigenvalue weighted by molar-refractivity contribution is 6.07. The Labute approximate surface area is 134 Å². The molecule has 0 bridgehead atoms. The van der Waals surface area contributed by atoms with Gasteiger partial charge in [-0.1, -0.05) is 24.3 Å². The van der Waals surface area contributed by atoms with E-state index in [2.05, 4.69) is 5.32 Å². The minimum Gasteiger partial charge on any atom is -0.469 e. The van der Waals surface area contributed by atoms with Gasteiger partial charge in [0.25, 0.3) is 5.91 Å². The molecule has 1 aliphatic heterocycles. The number of urea groups is 1. The molecule has 0 aromatic heterocycles. The second-order valence-corrected chi connectivity index (χ2v) is 6.53. The van der Waals surface area contributed by atoms with Gasteiger partial charge >= 0.3 is 12.0 Å². The monoisotopic (exact) mass is 316 g/mol. The number of carbonyl (C=O) groups excluding carboxylic acids is 3. The van der Waals surface area contributed by atoms with E-state index >= 15 is 0 Å². The van der Waals surface area contributed by atoms with Crippen LogP contribution in [0.25, 0.3) is 0 Å². The van der Waals surface area contributed by atoms with E-state index in [-0.39, 0.29) is 18.4 Å². The van der Waals surface area contributed by atoms with E-state index < -0.39 is 17.0 Å². The molecule has 1 aliphatic carbocycles. The summed E-state index contributed by atoms with van der Waals surface area (Å²) < 4.78 is 4.81. The van der Waals surface area contributed by atoms with Crippen molar-refractivity contribution >= 4 is 17.9 Å². The lowest BCUT2D eigenvalue weighted by Gasteiger charge is -2.25. The molecule has 1 aromatic rings. The van der Waals surface area contributed by atoms with Gasteiger partial charge < -0.3 is 10.1 Å². The molecule has 0 radical (unpaired) electrons. The van der Waals surface area contributed by atoms with E-state index in [4.69, 9.17) is 4.74 Å². The van der Waals surface area contributed by atoms with Crippen LogP contribution in [0.4, 0.5) is 4.79 Å². The van der Waals surface area contributed by atoms with Crippen LogP contribution in [-0.2, 0) is 19.9 Å². The third-order valence-corrected chi connectivity index (χ3v) is 4.89. The number of benzene rings is 1. The molecule has 6 nitrogen and oxygen atoms in total. The van der Waals surface area contributed by atoms with Crippen molar-refractivity contribution in [1.82, 2.24) is 10.2 Å². The Balaban J connectivity index is 1.89. The summed E-state index contributed by atoms with van der Waals surface area (Å²) in [6.45, 7) is 3.68. The molecule has 1 N–H and O–H groups in total. The minimum absolute atomic E-state index is 0.0752. The zero-order chi connectivity index (χ0) is 16.8. The summed E-state index contributed by atoms with van der Waals surface area (Å²) in [6, 6.07) is 7.00. The Morgan fingerprint density at radius 3 is 2.52 bits per heavy atom. The number of carbonyl (C=O) groups is 3. The molecule has 2 aliphatic rings. The largest absolute Gasteiger partial charge is 0.469 e. The maximum absolute atomic E-state index is 12.9. The van der Waals surface area contributed by atoms with Gasteiger partial charge in [0.2, 0.25) is 0 Å². The standard InChI is InChI=1S/C17H20N2O4/c1-11-6-4-5-7-12(11)16(2)13(20)19(15(22)18-16)10-17(8-9-17)14(21)23-3/h4-7H,8-10H2,1-3H3,(H,18,22). The number of amides is 3. The van der Waals surface area contributed by atoms with Crippen molar-refractivity contribution in [2.24, 2.45) is 5.41 Å². The molecule has 1 saturated heterocycles. The van der Waals surface area contributed by atoms with E-state index in [9.17, 15) is 14.4 Å². The number of rotatable bonds is 4. The number of nitrogens with one attached hydrogen (secondary N) is 1. The van der Waals surface area contributed by atoms with Gasteiger partial charge in [0.05, 0.1) is 12.5 Å². The Bertz CT molecular complexity index is 696. The molecule has 2 fully saturated rings. The average Bonchev–Trinajstić information content (AvgIpc) is 3.28. The quantitative estimate of drug-likeness (QED) is 0.678. The van der Waals surface area contributed by atoms with Crippen LogP contribution in [0.15, 0.2) is 24.3 Å². The van der Waals surface area contributed by atoms with Gasteiger partial charge in [-0.15, -0.1) is 0 Å². The Hall–Kier alpha value is -2.37. The van der Waals surface area contributed by atoms with Crippen LogP contribution < -0.4 is 5.32 Å². The Morgan fingerprint density at radius 1 is 1.30 bits per heavy atom. The van der Waals surface area contributed by atoms with Gasteiger partial charge in [0.15, 0.2) is 0 Å². The fourth-order valence-electron chi connectivity index (χ4n) is 3.25. The number of ether oxygens (including phenoxy) is 1. The van der Waals surface area contributed by atoms with Gasteiger partial charge in [-0.25, -0.2) is 4.79 Å². The van der Waals surface area contributed by atoms with Crippen LogP contribution in [0.1, 0.15) is 30.9 Å². The summed E-state index contributed by atoms with van der Waals surface area (Å²) >= 11 is 0. The van der Waals surface area contributed by atoms with Crippen molar-refractivity contribution in [2.75, 3.05) is 13.7 Å². The van der Waals surface area contributed by atoms with Gasteiger partial charge in [-0.2, -0.15) is 0 Å². The maximum atomic E-state index is 12.9. The number of nitrogens with zero attached hydrogens (tertiary/aromatic N) is 1. The number of hydrogen-bond acceptors (Lipinski definition) is 4. The van der Waals surface area contributed by atoms with E-state index in [1.165, 1.54) is 7.11 Å². The molecular weight excluding hydrogens is 296 g/mol. The highest BCUT2D eigenvalue weighted by Gasteiger charge is 2.58. The number of imide groups is 1. The van der Waals surface area contributed by atoms with Crippen molar-refractivity contribution in [3.05, 3.63) is 35.4 Å². The van der Waals surface area contributed by atoms with Crippen LogP contribution in [0.2, 0.25) is 0 Å². The summed E-state index contributed by atoms with van der Waals surface area (Å²) in [5, 5.41) is 2.78. The van der Waals surface area contributed by atoms with Crippen molar-refractivity contribution in [3.8, 4) is 0 Å². The number of aryl methyl sites for hydroxylation is 1. The van der Waals surface area contributed by atoms with Crippen molar-refractivity contribution in [2.45, 2.75) is 32.2 Å². The van der Waals surface area contributed by atoms with Crippen LogP contribution in [-0.4, -0.2) is 36.5 Å². The zero-order valence-electron chi connectivity index (χ0n) is 13.5.